The molecule has 164 valence electrons. The molecule has 31 heavy (non-hydrogen) atoms. The highest BCUT2D eigenvalue weighted by atomic mass is 19.1. The minimum absolute atomic E-state index is 0.0216. The Morgan fingerprint density at radius 3 is 2.65 bits per heavy atom. The number of amides is 1. The summed E-state index contributed by atoms with van der Waals surface area (Å²) in [5, 5.41) is 18.4. The number of nitrogens with zero attached hydrogens (tertiary/aromatic N) is 3. The number of aromatic nitrogens is 2. The highest BCUT2D eigenvalue weighted by Crippen LogP contribution is 2.27. The highest BCUT2D eigenvalue weighted by Gasteiger charge is 2.29. The zero-order chi connectivity index (χ0) is 22.4. The molecule has 0 bridgehead atoms. The summed E-state index contributed by atoms with van der Waals surface area (Å²) >= 11 is 0. The Morgan fingerprint density at radius 1 is 1.26 bits per heavy atom. The summed E-state index contributed by atoms with van der Waals surface area (Å²) in [5.74, 6) is -0.380. The molecule has 1 fully saturated rings. The second-order valence-corrected chi connectivity index (χ2v) is 8.48. The van der Waals surface area contributed by atoms with Crippen LogP contribution in [0.2, 0.25) is 0 Å². The van der Waals surface area contributed by atoms with Gasteiger partial charge in [-0.15, -0.1) is 0 Å². The van der Waals surface area contributed by atoms with Crippen LogP contribution in [-0.4, -0.2) is 33.7 Å². The van der Waals surface area contributed by atoms with E-state index in [2.05, 4.69) is 25.9 Å². The third-order valence-corrected chi connectivity index (χ3v) is 4.81. The summed E-state index contributed by atoms with van der Waals surface area (Å²) in [6, 6.07) is 6.17. The zero-order valence-corrected chi connectivity index (χ0v) is 17.9. The summed E-state index contributed by atoms with van der Waals surface area (Å²) in [7, 11) is 0. The van der Waals surface area contributed by atoms with Crippen molar-refractivity contribution in [1.82, 2.24) is 15.3 Å². The Labute approximate surface area is 181 Å². The van der Waals surface area contributed by atoms with Gasteiger partial charge in [-0.1, -0.05) is 12.8 Å². The summed E-state index contributed by atoms with van der Waals surface area (Å²) in [6.45, 7) is 5.40. The van der Waals surface area contributed by atoms with Crippen LogP contribution in [-0.2, 0) is 4.74 Å². The predicted octanol–water partition coefficient (Wildman–Crippen LogP) is 4.48. The molecule has 2 aromatic heterocycles. The summed E-state index contributed by atoms with van der Waals surface area (Å²) in [6.07, 6.45) is 6.10. The molecule has 1 amide bonds. The standard InChI is InChI=1S/C22H27FN6O2/c1-22(2,3)31-21(30)28-18-9-5-4-8-17(18)27-20-16(23)11-14(12-24)19(29-20)26-15-7-6-10-25-13-15/h6-7,10-11,13,17-18H,4-5,8-9H2,1-3H3,(H,28,30)(H2,26,27,29)/t17-,18+/m1/s1. The Bertz CT molecular complexity index is 955. The van der Waals surface area contributed by atoms with Crippen molar-refractivity contribution in [3.05, 3.63) is 42.0 Å². The minimum Gasteiger partial charge on any atom is -0.444 e. The predicted molar refractivity (Wildman–Crippen MR) is 115 cm³/mol. The number of carbonyl (C=O) groups is 1. The number of anilines is 3. The summed E-state index contributed by atoms with van der Waals surface area (Å²) < 4.78 is 20.1. The maximum atomic E-state index is 14.7. The molecule has 0 unspecified atom stereocenters. The van der Waals surface area contributed by atoms with Gasteiger partial charge < -0.3 is 20.7 Å². The van der Waals surface area contributed by atoms with Crippen LogP contribution in [0.3, 0.4) is 0 Å². The third kappa shape index (κ3) is 6.28. The molecular weight excluding hydrogens is 399 g/mol. The van der Waals surface area contributed by atoms with Crippen LogP contribution in [0.15, 0.2) is 30.6 Å². The summed E-state index contributed by atoms with van der Waals surface area (Å²) in [5.41, 5.74) is 0.111. The van der Waals surface area contributed by atoms with Gasteiger partial charge in [0.15, 0.2) is 17.5 Å². The molecule has 1 aliphatic carbocycles. The SMILES string of the molecule is CC(C)(C)OC(=O)N[C@H]1CCCC[C@H]1Nc1nc(Nc2cccnc2)c(C#N)cc1F. The van der Waals surface area contributed by atoms with Gasteiger partial charge in [0, 0.05) is 12.2 Å². The van der Waals surface area contributed by atoms with Crippen LogP contribution in [0, 0.1) is 17.1 Å². The lowest BCUT2D eigenvalue weighted by molar-refractivity contribution is 0.0488. The molecule has 0 spiro atoms. The maximum Gasteiger partial charge on any atom is 0.407 e. The van der Waals surface area contributed by atoms with Crippen LogP contribution >= 0.6 is 0 Å². The molecular formula is C22H27FN6O2. The first-order chi connectivity index (χ1) is 14.7. The summed E-state index contributed by atoms with van der Waals surface area (Å²) in [4.78, 5) is 20.6. The van der Waals surface area contributed by atoms with Gasteiger partial charge in [-0.25, -0.2) is 14.2 Å². The number of pyridine rings is 2. The van der Waals surface area contributed by atoms with Gasteiger partial charge in [0.1, 0.15) is 11.7 Å². The van der Waals surface area contributed by atoms with Gasteiger partial charge >= 0.3 is 6.09 Å². The van der Waals surface area contributed by atoms with E-state index in [4.69, 9.17) is 4.74 Å². The molecule has 2 aromatic rings. The number of alkyl carbamates (subject to hydrolysis) is 1. The number of rotatable bonds is 5. The largest absolute Gasteiger partial charge is 0.444 e. The van der Waals surface area contributed by atoms with Crippen LogP contribution in [0.5, 0.6) is 0 Å². The number of hydrogen-bond acceptors (Lipinski definition) is 7. The molecule has 9 heteroatoms. The first kappa shape index (κ1) is 22.3. The molecule has 0 aliphatic heterocycles. The maximum absolute atomic E-state index is 14.7. The van der Waals surface area contributed by atoms with Gasteiger partial charge in [0.25, 0.3) is 0 Å². The average molecular weight is 426 g/mol. The van der Waals surface area contributed by atoms with E-state index in [1.807, 2.05) is 6.07 Å². The first-order valence-corrected chi connectivity index (χ1v) is 10.3. The van der Waals surface area contributed by atoms with Crippen LogP contribution in [0.25, 0.3) is 0 Å². The average Bonchev–Trinajstić information content (AvgIpc) is 2.71. The van der Waals surface area contributed by atoms with Crippen molar-refractivity contribution in [1.29, 1.82) is 5.26 Å². The van der Waals surface area contributed by atoms with Gasteiger partial charge in [0.05, 0.1) is 23.5 Å². The van der Waals surface area contributed by atoms with E-state index >= 15 is 0 Å². The molecule has 8 nitrogen and oxygen atoms in total. The molecule has 2 heterocycles. The van der Waals surface area contributed by atoms with Gasteiger partial charge in [-0.3, -0.25) is 4.98 Å². The number of hydrogen-bond donors (Lipinski definition) is 3. The van der Waals surface area contributed by atoms with E-state index in [1.54, 1.807) is 45.3 Å². The van der Waals surface area contributed by atoms with Crippen molar-refractivity contribution in [2.75, 3.05) is 10.6 Å². The van der Waals surface area contributed by atoms with Gasteiger partial charge in [0.2, 0.25) is 0 Å². The van der Waals surface area contributed by atoms with E-state index in [0.29, 0.717) is 5.69 Å². The lowest BCUT2D eigenvalue weighted by Crippen LogP contribution is -2.50. The molecule has 0 saturated heterocycles. The zero-order valence-electron chi connectivity index (χ0n) is 17.9. The Hall–Kier alpha value is -3.41. The Morgan fingerprint density at radius 2 is 2.00 bits per heavy atom. The number of carbonyl (C=O) groups excluding carboxylic acids is 1. The van der Waals surface area contributed by atoms with Gasteiger partial charge in [-0.05, 0) is 51.8 Å². The second-order valence-electron chi connectivity index (χ2n) is 8.48. The van der Waals surface area contributed by atoms with Crippen molar-refractivity contribution < 1.29 is 13.9 Å². The lowest BCUT2D eigenvalue weighted by Gasteiger charge is -2.33. The number of halogens is 1. The Balaban J connectivity index is 1.78. The van der Waals surface area contributed by atoms with Crippen LogP contribution in [0.1, 0.15) is 52.0 Å². The molecule has 3 rings (SSSR count). The lowest BCUT2D eigenvalue weighted by atomic mass is 9.90. The van der Waals surface area contributed by atoms with E-state index in [9.17, 15) is 14.4 Å². The molecule has 1 saturated carbocycles. The van der Waals surface area contributed by atoms with Crippen molar-refractivity contribution in [3.8, 4) is 6.07 Å². The van der Waals surface area contributed by atoms with Crippen LogP contribution in [0.4, 0.5) is 26.5 Å². The van der Waals surface area contributed by atoms with Gasteiger partial charge in [-0.2, -0.15) is 5.26 Å². The van der Waals surface area contributed by atoms with E-state index in [0.717, 1.165) is 31.7 Å². The fourth-order valence-electron chi connectivity index (χ4n) is 3.45. The highest BCUT2D eigenvalue weighted by molar-refractivity contribution is 5.68. The topological polar surface area (TPSA) is 112 Å². The molecule has 2 atom stereocenters. The molecule has 3 N–H and O–H groups in total. The third-order valence-electron chi connectivity index (χ3n) is 4.81. The molecule has 1 aliphatic rings. The number of ether oxygens (including phenoxy) is 1. The minimum atomic E-state index is -0.630. The fraction of sp³-hybridized carbons (Fsp3) is 0.455. The van der Waals surface area contributed by atoms with Crippen molar-refractivity contribution in [3.63, 3.8) is 0 Å². The first-order valence-electron chi connectivity index (χ1n) is 10.3. The number of nitrogens with one attached hydrogen (secondary N) is 3. The molecule has 0 aromatic carbocycles. The van der Waals surface area contributed by atoms with Crippen molar-refractivity contribution in [2.24, 2.45) is 0 Å². The smallest absolute Gasteiger partial charge is 0.407 e. The fourth-order valence-corrected chi connectivity index (χ4v) is 3.45. The monoisotopic (exact) mass is 426 g/mol. The van der Waals surface area contributed by atoms with E-state index in [-0.39, 0.29) is 29.3 Å². The normalized spacial score (nSPS) is 18.5. The number of nitriles is 1. The van der Waals surface area contributed by atoms with Crippen molar-refractivity contribution in [2.45, 2.75) is 64.1 Å². The molecule has 0 radical (unpaired) electrons. The van der Waals surface area contributed by atoms with Crippen LogP contribution < -0.4 is 16.0 Å². The van der Waals surface area contributed by atoms with E-state index < -0.39 is 17.5 Å². The van der Waals surface area contributed by atoms with Crippen molar-refractivity contribution >= 4 is 23.4 Å². The van der Waals surface area contributed by atoms with E-state index in [1.165, 1.54) is 0 Å². The second kappa shape index (κ2) is 9.60. The Kier molecular flexibility index (Phi) is 6.90. The quantitative estimate of drug-likeness (QED) is 0.646.